The molecule has 0 bridgehead atoms. The number of nitrogens with zero attached hydrogens (tertiary/aromatic N) is 2. The van der Waals surface area contributed by atoms with Gasteiger partial charge in [0, 0.05) is 6.04 Å². The molecular formula is C17H25N3O3. The zero-order valence-corrected chi connectivity index (χ0v) is 13.4. The van der Waals surface area contributed by atoms with Gasteiger partial charge in [-0.1, -0.05) is 6.42 Å². The Bertz CT molecular complexity index is 524. The Balaban J connectivity index is 1.52. The minimum Gasteiger partial charge on any atom is -0.481 e. The third-order valence-electron chi connectivity index (χ3n) is 4.88. The standard InChI is InChI=1S/C17H25N3O3/c21-17(22)12-6-8-13(9-7-12)19-15-10-18-11-16(20-15)23-14-4-2-1-3-5-14/h10-14H,1-9H2,(H,19,20)(H,21,22). The normalized spacial score (nSPS) is 25.7. The molecule has 0 unspecified atom stereocenters. The molecule has 0 aromatic carbocycles. The van der Waals surface area contributed by atoms with Gasteiger partial charge in [0.05, 0.1) is 18.3 Å². The van der Waals surface area contributed by atoms with Crippen LogP contribution in [0.3, 0.4) is 0 Å². The lowest BCUT2D eigenvalue weighted by Crippen LogP contribution is -2.29. The van der Waals surface area contributed by atoms with Crippen LogP contribution in [0.1, 0.15) is 57.8 Å². The first kappa shape index (κ1) is 16.0. The first-order chi connectivity index (χ1) is 11.2. The predicted molar refractivity (Wildman–Crippen MR) is 86.5 cm³/mol. The van der Waals surface area contributed by atoms with Crippen LogP contribution in [0.25, 0.3) is 0 Å². The number of carboxylic acids is 1. The molecule has 0 atom stereocenters. The second-order valence-electron chi connectivity index (χ2n) is 6.65. The van der Waals surface area contributed by atoms with Crippen LogP contribution in [0, 0.1) is 5.92 Å². The molecule has 23 heavy (non-hydrogen) atoms. The summed E-state index contributed by atoms with van der Waals surface area (Å²) in [6, 6.07) is 0.268. The smallest absolute Gasteiger partial charge is 0.306 e. The van der Waals surface area contributed by atoms with E-state index in [0.717, 1.165) is 44.3 Å². The van der Waals surface area contributed by atoms with E-state index < -0.39 is 5.97 Å². The van der Waals surface area contributed by atoms with Crippen molar-refractivity contribution in [3.8, 4) is 5.88 Å². The zero-order chi connectivity index (χ0) is 16.1. The molecule has 6 heteroatoms. The Labute approximate surface area is 136 Å². The molecule has 0 aliphatic heterocycles. The molecule has 6 nitrogen and oxygen atoms in total. The summed E-state index contributed by atoms with van der Waals surface area (Å²) in [5.41, 5.74) is 0. The number of rotatable bonds is 5. The van der Waals surface area contributed by atoms with Crippen molar-refractivity contribution < 1.29 is 14.6 Å². The number of carbonyl (C=O) groups is 1. The first-order valence-corrected chi connectivity index (χ1v) is 8.69. The van der Waals surface area contributed by atoms with E-state index in [9.17, 15) is 4.79 Å². The average Bonchev–Trinajstić information content (AvgIpc) is 2.57. The van der Waals surface area contributed by atoms with Crippen LogP contribution < -0.4 is 10.1 Å². The number of hydrogen-bond acceptors (Lipinski definition) is 5. The van der Waals surface area contributed by atoms with Crippen molar-refractivity contribution in [1.29, 1.82) is 0 Å². The van der Waals surface area contributed by atoms with Crippen LogP contribution in [0.2, 0.25) is 0 Å². The number of aliphatic carboxylic acids is 1. The minimum atomic E-state index is -0.675. The van der Waals surface area contributed by atoms with Gasteiger partial charge >= 0.3 is 5.97 Å². The van der Waals surface area contributed by atoms with Crippen LogP contribution >= 0.6 is 0 Å². The second kappa shape index (κ2) is 7.62. The van der Waals surface area contributed by atoms with Crippen LogP contribution in [-0.4, -0.2) is 33.2 Å². The van der Waals surface area contributed by atoms with Crippen LogP contribution in [-0.2, 0) is 4.79 Å². The monoisotopic (exact) mass is 319 g/mol. The van der Waals surface area contributed by atoms with E-state index in [-0.39, 0.29) is 18.1 Å². The van der Waals surface area contributed by atoms with Crippen molar-refractivity contribution in [2.75, 3.05) is 5.32 Å². The minimum absolute atomic E-state index is 0.194. The van der Waals surface area contributed by atoms with Gasteiger partial charge in [-0.15, -0.1) is 0 Å². The lowest BCUT2D eigenvalue weighted by Gasteiger charge is -2.27. The van der Waals surface area contributed by atoms with Crippen molar-refractivity contribution in [2.45, 2.75) is 69.9 Å². The number of hydrogen-bond donors (Lipinski definition) is 2. The predicted octanol–water partition coefficient (Wildman–Crippen LogP) is 3.24. The van der Waals surface area contributed by atoms with Crippen LogP contribution in [0.15, 0.2) is 12.4 Å². The maximum Gasteiger partial charge on any atom is 0.306 e. The van der Waals surface area contributed by atoms with Crippen molar-refractivity contribution in [3.63, 3.8) is 0 Å². The van der Waals surface area contributed by atoms with Gasteiger partial charge in [-0.2, -0.15) is 4.98 Å². The summed E-state index contributed by atoms with van der Waals surface area (Å²) in [6.07, 6.45) is 12.7. The highest BCUT2D eigenvalue weighted by Crippen LogP contribution is 2.27. The Morgan fingerprint density at radius 2 is 1.83 bits per heavy atom. The third-order valence-corrected chi connectivity index (χ3v) is 4.88. The highest BCUT2D eigenvalue weighted by atomic mass is 16.5. The largest absolute Gasteiger partial charge is 0.481 e. The quantitative estimate of drug-likeness (QED) is 0.866. The highest BCUT2D eigenvalue weighted by Gasteiger charge is 2.26. The van der Waals surface area contributed by atoms with Gasteiger partial charge in [0.1, 0.15) is 11.9 Å². The van der Waals surface area contributed by atoms with Gasteiger partial charge in [-0.05, 0) is 51.4 Å². The van der Waals surface area contributed by atoms with Crippen molar-refractivity contribution in [1.82, 2.24) is 9.97 Å². The van der Waals surface area contributed by atoms with E-state index in [0.29, 0.717) is 5.88 Å². The molecule has 1 heterocycles. The molecule has 0 saturated heterocycles. The number of nitrogens with one attached hydrogen (secondary N) is 1. The molecule has 1 aromatic rings. The summed E-state index contributed by atoms with van der Waals surface area (Å²) in [5.74, 6) is 0.435. The third kappa shape index (κ3) is 4.56. The van der Waals surface area contributed by atoms with Gasteiger partial charge in [0.2, 0.25) is 5.88 Å². The second-order valence-corrected chi connectivity index (χ2v) is 6.65. The van der Waals surface area contributed by atoms with E-state index in [2.05, 4.69) is 15.3 Å². The topological polar surface area (TPSA) is 84.3 Å². The average molecular weight is 319 g/mol. The molecule has 1 aromatic heterocycles. The molecule has 126 valence electrons. The molecule has 0 radical (unpaired) electrons. The summed E-state index contributed by atoms with van der Waals surface area (Å²) in [6.45, 7) is 0. The van der Waals surface area contributed by atoms with Crippen molar-refractivity contribution in [3.05, 3.63) is 12.4 Å². The van der Waals surface area contributed by atoms with Gasteiger partial charge in [0.25, 0.3) is 0 Å². The Morgan fingerprint density at radius 3 is 2.52 bits per heavy atom. The van der Waals surface area contributed by atoms with Gasteiger partial charge in [-0.3, -0.25) is 9.78 Å². The fourth-order valence-electron chi connectivity index (χ4n) is 3.52. The summed E-state index contributed by atoms with van der Waals surface area (Å²) in [5, 5.41) is 12.4. The van der Waals surface area contributed by atoms with E-state index in [4.69, 9.17) is 9.84 Å². The summed E-state index contributed by atoms with van der Waals surface area (Å²) >= 11 is 0. The molecule has 3 rings (SSSR count). The fourth-order valence-corrected chi connectivity index (χ4v) is 3.52. The maximum atomic E-state index is 11.0. The lowest BCUT2D eigenvalue weighted by molar-refractivity contribution is -0.142. The zero-order valence-electron chi connectivity index (χ0n) is 13.4. The number of aromatic nitrogens is 2. The van der Waals surface area contributed by atoms with Crippen molar-refractivity contribution in [2.24, 2.45) is 5.92 Å². The Hall–Kier alpha value is -1.85. The number of carboxylic acid groups (broad SMARTS) is 1. The summed E-state index contributed by atoms with van der Waals surface area (Å²) < 4.78 is 5.94. The molecule has 2 aliphatic carbocycles. The van der Waals surface area contributed by atoms with E-state index in [1.807, 2.05) is 0 Å². The van der Waals surface area contributed by atoms with E-state index >= 15 is 0 Å². The SMILES string of the molecule is O=C(O)C1CCC(Nc2cncc(OC3CCCCC3)n2)CC1. The van der Waals surface area contributed by atoms with Gasteiger partial charge in [0.15, 0.2) is 0 Å². The summed E-state index contributed by atoms with van der Waals surface area (Å²) in [7, 11) is 0. The number of ether oxygens (including phenoxy) is 1. The van der Waals surface area contributed by atoms with Gasteiger partial charge < -0.3 is 15.2 Å². The first-order valence-electron chi connectivity index (χ1n) is 8.69. The Morgan fingerprint density at radius 1 is 1.09 bits per heavy atom. The van der Waals surface area contributed by atoms with E-state index in [1.165, 1.54) is 19.3 Å². The lowest BCUT2D eigenvalue weighted by atomic mass is 9.86. The maximum absolute atomic E-state index is 11.0. The molecule has 0 amide bonds. The van der Waals surface area contributed by atoms with E-state index in [1.54, 1.807) is 12.4 Å². The molecule has 2 fully saturated rings. The molecule has 2 N–H and O–H groups in total. The molecule has 2 saturated carbocycles. The summed E-state index contributed by atoms with van der Waals surface area (Å²) in [4.78, 5) is 19.7. The fraction of sp³-hybridized carbons (Fsp3) is 0.706. The van der Waals surface area contributed by atoms with Crippen LogP contribution in [0.5, 0.6) is 5.88 Å². The Kier molecular flexibility index (Phi) is 5.31. The number of anilines is 1. The van der Waals surface area contributed by atoms with Crippen molar-refractivity contribution >= 4 is 11.8 Å². The molecule has 2 aliphatic rings. The van der Waals surface area contributed by atoms with Crippen LogP contribution in [0.4, 0.5) is 5.82 Å². The molecule has 0 spiro atoms. The highest BCUT2D eigenvalue weighted by molar-refractivity contribution is 5.70. The van der Waals surface area contributed by atoms with Gasteiger partial charge in [-0.25, -0.2) is 0 Å². The molecular weight excluding hydrogens is 294 g/mol.